The molecule has 0 unspecified atom stereocenters. The molecule has 0 aromatic rings. The predicted octanol–water partition coefficient (Wildman–Crippen LogP) is 1.70. The molecule has 0 aromatic heterocycles. The van der Waals surface area contributed by atoms with E-state index in [9.17, 15) is 9.36 Å². The summed E-state index contributed by atoms with van der Waals surface area (Å²) in [5, 5.41) is 0. The number of carbonyl (C=O) groups excluding carboxylic acids is 1. The van der Waals surface area contributed by atoms with Gasteiger partial charge < -0.3 is 14.5 Å². The second-order valence-electron chi connectivity index (χ2n) is 4.15. The zero-order chi connectivity index (χ0) is 12.8. The highest BCUT2D eigenvalue weighted by molar-refractivity contribution is 7.52. The number of rotatable bonds is 6. The fourth-order valence-corrected chi connectivity index (χ4v) is 1.74. The Bertz CT molecular complexity index is 302. The van der Waals surface area contributed by atoms with Crippen molar-refractivity contribution < 1.29 is 23.9 Å². The van der Waals surface area contributed by atoms with Crippen LogP contribution in [0.4, 0.5) is 0 Å². The van der Waals surface area contributed by atoms with Gasteiger partial charge in [-0.1, -0.05) is 25.5 Å². The molecule has 6 heteroatoms. The lowest BCUT2D eigenvalue weighted by molar-refractivity contribution is -0.143. The standard InChI is InChI=1S/C10H19O5P/c1-8(2)6-15-10(11)5-4-9(3)7-16(12,13)14/h4,8H,5-7H2,1-3H3,(H2,12,13,14). The highest BCUT2D eigenvalue weighted by atomic mass is 31.2. The molecule has 5 nitrogen and oxygen atoms in total. The van der Waals surface area contributed by atoms with Gasteiger partial charge in [0.1, 0.15) is 0 Å². The van der Waals surface area contributed by atoms with Crippen LogP contribution >= 0.6 is 7.60 Å². The smallest absolute Gasteiger partial charge is 0.329 e. The molecule has 0 rings (SSSR count). The molecule has 0 radical (unpaired) electrons. The van der Waals surface area contributed by atoms with Crippen LogP contribution in [0.1, 0.15) is 27.2 Å². The van der Waals surface area contributed by atoms with E-state index in [2.05, 4.69) is 0 Å². The molecule has 0 atom stereocenters. The second-order valence-corrected chi connectivity index (χ2v) is 5.80. The Labute approximate surface area is 95.7 Å². The molecule has 0 bridgehead atoms. The fraction of sp³-hybridized carbons (Fsp3) is 0.700. The number of ether oxygens (including phenoxy) is 1. The van der Waals surface area contributed by atoms with Crippen LogP contribution in [0.25, 0.3) is 0 Å². The van der Waals surface area contributed by atoms with E-state index < -0.39 is 7.60 Å². The van der Waals surface area contributed by atoms with Crippen molar-refractivity contribution in [1.29, 1.82) is 0 Å². The normalized spacial score (nSPS) is 13.0. The summed E-state index contributed by atoms with van der Waals surface area (Å²) in [5.74, 6) is -0.0945. The molecule has 0 fully saturated rings. The molecular formula is C10H19O5P. The number of carbonyl (C=O) groups is 1. The summed E-state index contributed by atoms with van der Waals surface area (Å²) in [6, 6.07) is 0. The average Bonchev–Trinajstić information content (AvgIpc) is 2.08. The first kappa shape index (κ1) is 15.4. The summed E-state index contributed by atoms with van der Waals surface area (Å²) in [5.41, 5.74) is 0.495. The summed E-state index contributed by atoms with van der Waals surface area (Å²) in [4.78, 5) is 28.5. The van der Waals surface area contributed by atoms with Crippen LogP contribution in [0, 0.1) is 5.92 Å². The van der Waals surface area contributed by atoms with E-state index in [0.717, 1.165) is 0 Å². The Morgan fingerprint density at radius 2 is 2.00 bits per heavy atom. The average molecular weight is 250 g/mol. The molecule has 0 saturated heterocycles. The van der Waals surface area contributed by atoms with Crippen LogP contribution in [0.2, 0.25) is 0 Å². The number of hydrogen-bond acceptors (Lipinski definition) is 3. The molecule has 0 aliphatic rings. The molecular weight excluding hydrogens is 231 g/mol. The van der Waals surface area contributed by atoms with Crippen molar-refractivity contribution in [2.45, 2.75) is 27.2 Å². The van der Waals surface area contributed by atoms with Crippen LogP contribution in [0.3, 0.4) is 0 Å². The quantitative estimate of drug-likeness (QED) is 0.426. The highest BCUT2D eigenvalue weighted by Gasteiger charge is 2.13. The van der Waals surface area contributed by atoms with Crippen LogP contribution in [-0.2, 0) is 14.1 Å². The third kappa shape index (κ3) is 9.90. The van der Waals surface area contributed by atoms with Gasteiger partial charge in [-0.15, -0.1) is 0 Å². The second kappa shape index (κ2) is 6.84. The molecule has 0 heterocycles. The summed E-state index contributed by atoms with van der Waals surface area (Å²) in [7, 11) is -4.03. The first-order valence-corrected chi connectivity index (χ1v) is 6.86. The molecule has 94 valence electrons. The van der Waals surface area contributed by atoms with Gasteiger partial charge >= 0.3 is 13.6 Å². The molecule has 0 aliphatic carbocycles. The Morgan fingerprint density at radius 3 is 2.44 bits per heavy atom. The highest BCUT2D eigenvalue weighted by Crippen LogP contribution is 2.36. The lowest BCUT2D eigenvalue weighted by atomic mass is 10.2. The van der Waals surface area contributed by atoms with Crippen molar-refractivity contribution in [3.8, 4) is 0 Å². The maximum atomic E-state index is 11.2. The summed E-state index contributed by atoms with van der Waals surface area (Å²) in [6.07, 6.45) is 1.23. The summed E-state index contributed by atoms with van der Waals surface area (Å²) in [6.45, 7) is 5.81. The van der Waals surface area contributed by atoms with E-state index in [1.807, 2.05) is 13.8 Å². The largest absolute Gasteiger partial charge is 0.465 e. The first-order valence-electron chi connectivity index (χ1n) is 5.06. The maximum absolute atomic E-state index is 11.2. The maximum Gasteiger partial charge on any atom is 0.329 e. The van der Waals surface area contributed by atoms with Crippen LogP contribution in [0.15, 0.2) is 11.6 Å². The molecule has 0 spiro atoms. The summed E-state index contributed by atoms with van der Waals surface area (Å²) >= 11 is 0. The van der Waals surface area contributed by atoms with Crippen LogP contribution < -0.4 is 0 Å². The van der Waals surface area contributed by atoms with Gasteiger partial charge in [-0.2, -0.15) is 0 Å². The minimum Gasteiger partial charge on any atom is -0.465 e. The van der Waals surface area contributed by atoms with Crippen molar-refractivity contribution in [3.63, 3.8) is 0 Å². The van der Waals surface area contributed by atoms with E-state index in [4.69, 9.17) is 14.5 Å². The van der Waals surface area contributed by atoms with Gasteiger partial charge in [0.25, 0.3) is 0 Å². The van der Waals surface area contributed by atoms with E-state index in [1.165, 1.54) is 6.08 Å². The van der Waals surface area contributed by atoms with Crippen LogP contribution in [-0.4, -0.2) is 28.5 Å². The minimum absolute atomic E-state index is 0.0541. The van der Waals surface area contributed by atoms with Gasteiger partial charge in [-0.3, -0.25) is 9.36 Å². The molecule has 0 aliphatic heterocycles. The lowest BCUT2D eigenvalue weighted by Gasteiger charge is -2.06. The van der Waals surface area contributed by atoms with Gasteiger partial charge in [-0.25, -0.2) is 0 Å². The van der Waals surface area contributed by atoms with Gasteiger partial charge in [-0.05, 0) is 12.8 Å². The minimum atomic E-state index is -4.03. The van der Waals surface area contributed by atoms with Gasteiger partial charge in [0.15, 0.2) is 0 Å². The molecule has 16 heavy (non-hydrogen) atoms. The topological polar surface area (TPSA) is 83.8 Å². The zero-order valence-electron chi connectivity index (χ0n) is 9.84. The van der Waals surface area contributed by atoms with Crippen LogP contribution in [0.5, 0.6) is 0 Å². The Morgan fingerprint density at radius 1 is 1.44 bits per heavy atom. The Kier molecular flexibility index (Phi) is 6.56. The Hall–Kier alpha value is -0.640. The number of esters is 1. The van der Waals surface area contributed by atoms with E-state index in [-0.39, 0.29) is 24.5 Å². The fourth-order valence-electron chi connectivity index (χ4n) is 0.966. The van der Waals surface area contributed by atoms with Crippen molar-refractivity contribution in [2.75, 3.05) is 12.8 Å². The van der Waals surface area contributed by atoms with Gasteiger partial charge in [0, 0.05) is 0 Å². The van der Waals surface area contributed by atoms with Crippen molar-refractivity contribution in [1.82, 2.24) is 0 Å². The third-order valence-corrected chi connectivity index (χ3v) is 2.56. The number of hydrogen-bond donors (Lipinski definition) is 2. The SMILES string of the molecule is CC(=CCC(=O)OCC(C)C)CP(=O)(O)O. The monoisotopic (exact) mass is 250 g/mol. The van der Waals surface area contributed by atoms with Crippen molar-refractivity contribution in [2.24, 2.45) is 5.92 Å². The van der Waals surface area contributed by atoms with Crippen molar-refractivity contribution in [3.05, 3.63) is 11.6 Å². The van der Waals surface area contributed by atoms with E-state index in [1.54, 1.807) is 6.92 Å². The first-order chi connectivity index (χ1) is 7.20. The predicted molar refractivity (Wildman–Crippen MR) is 61.1 cm³/mol. The molecule has 0 aromatic carbocycles. The van der Waals surface area contributed by atoms with E-state index in [0.29, 0.717) is 12.2 Å². The molecule has 2 N–H and O–H groups in total. The number of allylic oxidation sites excluding steroid dienone is 1. The van der Waals surface area contributed by atoms with Gasteiger partial charge in [0.05, 0.1) is 19.2 Å². The lowest BCUT2D eigenvalue weighted by Crippen LogP contribution is -2.09. The van der Waals surface area contributed by atoms with Crippen molar-refractivity contribution >= 4 is 13.6 Å². The Balaban J connectivity index is 3.98. The zero-order valence-corrected chi connectivity index (χ0v) is 10.7. The molecule has 0 saturated carbocycles. The molecule has 0 amide bonds. The van der Waals surface area contributed by atoms with E-state index >= 15 is 0 Å². The summed E-state index contributed by atoms with van der Waals surface area (Å²) < 4.78 is 15.5. The third-order valence-electron chi connectivity index (χ3n) is 1.65. The van der Waals surface area contributed by atoms with Gasteiger partial charge in [0.2, 0.25) is 0 Å².